The Labute approximate surface area is 85.6 Å². The topological polar surface area (TPSA) is 46.3 Å². The van der Waals surface area contributed by atoms with Crippen LogP contribution in [0.2, 0.25) is 0 Å². The smallest absolute Gasteiger partial charge is 0.225 e. The van der Waals surface area contributed by atoms with E-state index in [1.807, 2.05) is 4.90 Å². The molecule has 1 heterocycles. The van der Waals surface area contributed by atoms with E-state index in [0.717, 1.165) is 25.8 Å². The summed E-state index contributed by atoms with van der Waals surface area (Å²) >= 11 is 0. The van der Waals surface area contributed by atoms with E-state index < -0.39 is 0 Å². The van der Waals surface area contributed by atoms with E-state index in [1.165, 1.54) is 6.42 Å². The summed E-state index contributed by atoms with van der Waals surface area (Å²) in [5, 5.41) is 0. The van der Waals surface area contributed by atoms with Gasteiger partial charge in [-0.3, -0.25) is 4.79 Å². The van der Waals surface area contributed by atoms with Crippen LogP contribution >= 0.6 is 0 Å². The molecule has 0 bridgehead atoms. The number of nitrogens with zero attached hydrogens (tertiary/aromatic N) is 1. The summed E-state index contributed by atoms with van der Waals surface area (Å²) in [6, 6.07) is 0.308. The average Bonchev–Trinajstić information content (AvgIpc) is 2.43. The van der Waals surface area contributed by atoms with Crippen molar-refractivity contribution in [3.8, 4) is 0 Å². The second-order valence-corrected chi connectivity index (χ2v) is 4.73. The lowest BCUT2D eigenvalue weighted by atomic mass is 9.84. The van der Waals surface area contributed by atoms with E-state index in [-0.39, 0.29) is 0 Å². The molecule has 3 nitrogen and oxygen atoms in total. The Morgan fingerprint density at radius 2 is 2.14 bits per heavy atom. The van der Waals surface area contributed by atoms with Gasteiger partial charge in [0.25, 0.3) is 0 Å². The normalized spacial score (nSPS) is 33.1. The van der Waals surface area contributed by atoms with Crippen molar-refractivity contribution >= 4 is 5.91 Å². The van der Waals surface area contributed by atoms with Crippen molar-refractivity contribution in [1.82, 2.24) is 4.90 Å². The van der Waals surface area contributed by atoms with Gasteiger partial charge in [0.05, 0.1) is 0 Å². The molecule has 1 amide bonds. The van der Waals surface area contributed by atoms with Gasteiger partial charge < -0.3 is 10.6 Å². The minimum atomic E-state index is 0.308. The van der Waals surface area contributed by atoms with Crippen molar-refractivity contribution in [2.75, 3.05) is 13.1 Å². The molecule has 1 aliphatic heterocycles. The second kappa shape index (κ2) is 3.89. The molecule has 80 valence electrons. The van der Waals surface area contributed by atoms with Gasteiger partial charge in [-0.2, -0.15) is 0 Å². The highest BCUT2D eigenvalue weighted by Crippen LogP contribution is 2.32. The van der Waals surface area contributed by atoms with Crippen LogP contribution < -0.4 is 5.73 Å². The molecular formula is C11H20N2O. The molecule has 2 rings (SSSR count). The largest absolute Gasteiger partial charge is 0.338 e. The summed E-state index contributed by atoms with van der Waals surface area (Å²) in [6.45, 7) is 3.75. The molecule has 1 saturated carbocycles. The van der Waals surface area contributed by atoms with E-state index in [0.29, 0.717) is 30.3 Å². The standard InChI is InChI=1S/C11H20N2O/c1-8-5-6-13(10(8)7-12)11(14)9-3-2-4-9/h8-10H,2-7,12H2,1H3. The Hall–Kier alpha value is -0.570. The van der Waals surface area contributed by atoms with Gasteiger partial charge in [0.1, 0.15) is 0 Å². The number of likely N-dealkylation sites (tertiary alicyclic amines) is 1. The van der Waals surface area contributed by atoms with E-state index in [2.05, 4.69) is 6.92 Å². The first-order valence-corrected chi connectivity index (χ1v) is 5.74. The summed E-state index contributed by atoms with van der Waals surface area (Å²) in [5.41, 5.74) is 5.72. The van der Waals surface area contributed by atoms with Crippen molar-refractivity contribution in [1.29, 1.82) is 0 Å². The van der Waals surface area contributed by atoms with Crippen LogP contribution in [0, 0.1) is 11.8 Å². The first kappa shape index (κ1) is 9.97. The fourth-order valence-electron chi connectivity index (χ4n) is 2.53. The SMILES string of the molecule is CC1CCN(C(=O)C2CCC2)C1CN. The maximum atomic E-state index is 12.0. The molecule has 2 N–H and O–H groups in total. The molecule has 2 fully saturated rings. The summed E-state index contributed by atoms with van der Waals surface area (Å²) in [7, 11) is 0. The van der Waals surface area contributed by atoms with Crippen molar-refractivity contribution in [3.63, 3.8) is 0 Å². The molecule has 2 atom stereocenters. The minimum Gasteiger partial charge on any atom is -0.338 e. The van der Waals surface area contributed by atoms with Gasteiger partial charge in [0.15, 0.2) is 0 Å². The number of rotatable bonds is 2. The maximum absolute atomic E-state index is 12.0. The van der Waals surface area contributed by atoms with E-state index in [4.69, 9.17) is 5.73 Å². The van der Waals surface area contributed by atoms with Gasteiger partial charge in [0, 0.05) is 25.0 Å². The number of hydrogen-bond donors (Lipinski definition) is 1. The van der Waals surface area contributed by atoms with Crippen LogP contribution in [0.25, 0.3) is 0 Å². The summed E-state index contributed by atoms with van der Waals surface area (Å²) < 4.78 is 0. The lowest BCUT2D eigenvalue weighted by Gasteiger charge is -2.33. The van der Waals surface area contributed by atoms with Crippen LogP contribution in [-0.2, 0) is 4.79 Å². The molecule has 0 radical (unpaired) electrons. The fraction of sp³-hybridized carbons (Fsp3) is 0.909. The molecule has 0 aromatic rings. The molecule has 0 aromatic heterocycles. The predicted octanol–water partition coefficient (Wildman–Crippen LogP) is 0.982. The van der Waals surface area contributed by atoms with Gasteiger partial charge in [-0.1, -0.05) is 13.3 Å². The highest BCUT2D eigenvalue weighted by molar-refractivity contribution is 5.80. The van der Waals surface area contributed by atoms with Crippen LogP contribution in [0.15, 0.2) is 0 Å². The highest BCUT2D eigenvalue weighted by atomic mass is 16.2. The van der Waals surface area contributed by atoms with Crippen LogP contribution in [0.3, 0.4) is 0 Å². The van der Waals surface area contributed by atoms with E-state index in [9.17, 15) is 4.79 Å². The fourth-order valence-corrected chi connectivity index (χ4v) is 2.53. The Bertz CT molecular complexity index is 225. The molecule has 14 heavy (non-hydrogen) atoms. The molecule has 2 aliphatic rings. The third kappa shape index (κ3) is 1.54. The zero-order valence-corrected chi connectivity index (χ0v) is 8.91. The molecular weight excluding hydrogens is 176 g/mol. The zero-order valence-electron chi connectivity index (χ0n) is 8.91. The molecule has 0 spiro atoms. The van der Waals surface area contributed by atoms with E-state index >= 15 is 0 Å². The van der Waals surface area contributed by atoms with Crippen LogP contribution in [0.4, 0.5) is 0 Å². The Balaban J connectivity index is 1.98. The van der Waals surface area contributed by atoms with Crippen molar-refractivity contribution < 1.29 is 4.79 Å². The van der Waals surface area contributed by atoms with Crippen LogP contribution in [0.5, 0.6) is 0 Å². The first-order valence-electron chi connectivity index (χ1n) is 5.74. The van der Waals surface area contributed by atoms with Gasteiger partial charge >= 0.3 is 0 Å². The summed E-state index contributed by atoms with van der Waals surface area (Å²) in [4.78, 5) is 14.0. The van der Waals surface area contributed by atoms with E-state index in [1.54, 1.807) is 0 Å². The maximum Gasteiger partial charge on any atom is 0.225 e. The molecule has 2 unspecified atom stereocenters. The monoisotopic (exact) mass is 196 g/mol. The zero-order chi connectivity index (χ0) is 10.1. The lowest BCUT2D eigenvalue weighted by Crippen LogP contribution is -2.46. The highest BCUT2D eigenvalue weighted by Gasteiger charge is 2.37. The third-order valence-electron chi connectivity index (χ3n) is 3.86. The number of hydrogen-bond acceptors (Lipinski definition) is 2. The lowest BCUT2D eigenvalue weighted by molar-refractivity contribution is -0.139. The van der Waals surface area contributed by atoms with Crippen molar-refractivity contribution in [3.05, 3.63) is 0 Å². The molecule has 1 aliphatic carbocycles. The van der Waals surface area contributed by atoms with Gasteiger partial charge in [-0.05, 0) is 25.2 Å². The number of carbonyl (C=O) groups is 1. The van der Waals surface area contributed by atoms with Gasteiger partial charge in [0.2, 0.25) is 5.91 Å². The third-order valence-corrected chi connectivity index (χ3v) is 3.86. The second-order valence-electron chi connectivity index (χ2n) is 4.73. The first-order chi connectivity index (χ1) is 6.74. The average molecular weight is 196 g/mol. The summed E-state index contributed by atoms with van der Waals surface area (Å²) in [6.07, 6.45) is 4.55. The number of amides is 1. The Kier molecular flexibility index (Phi) is 2.77. The summed E-state index contributed by atoms with van der Waals surface area (Å²) in [5.74, 6) is 1.29. The Morgan fingerprint density at radius 1 is 1.43 bits per heavy atom. The molecule has 1 saturated heterocycles. The van der Waals surface area contributed by atoms with Crippen LogP contribution in [-0.4, -0.2) is 29.9 Å². The number of carbonyl (C=O) groups excluding carboxylic acids is 1. The molecule has 0 aromatic carbocycles. The van der Waals surface area contributed by atoms with Crippen LogP contribution in [0.1, 0.15) is 32.6 Å². The van der Waals surface area contributed by atoms with Crippen molar-refractivity contribution in [2.24, 2.45) is 17.6 Å². The minimum absolute atomic E-state index is 0.308. The van der Waals surface area contributed by atoms with Gasteiger partial charge in [-0.15, -0.1) is 0 Å². The quantitative estimate of drug-likeness (QED) is 0.715. The molecule has 3 heteroatoms. The predicted molar refractivity (Wildman–Crippen MR) is 55.7 cm³/mol. The Morgan fingerprint density at radius 3 is 2.64 bits per heavy atom. The number of nitrogens with two attached hydrogens (primary N) is 1. The van der Waals surface area contributed by atoms with Gasteiger partial charge in [-0.25, -0.2) is 0 Å². The van der Waals surface area contributed by atoms with Crippen molar-refractivity contribution in [2.45, 2.75) is 38.6 Å².